The Labute approximate surface area is 166 Å². The second-order valence-electron chi connectivity index (χ2n) is 7.25. The smallest absolute Gasteiger partial charge is 0.326 e. The van der Waals surface area contributed by atoms with Crippen LogP contribution in [0, 0.1) is 5.92 Å². The Morgan fingerprint density at radius 2 is 1.64 bits per heavy atom. The summed E-state index contributed by atoms with van der Waals surface area (Å²) in [6.45, 7) is 3.87. The maximum absolute atomic E-state index is 13.0. The van der Waals surface area contributed by atoms with Gasteiger partial charge in [0.2, 0.25) is 11.8 Å². The van der Waals surface area contributed by atoms with E-state index in [1.165, 1.54) is 0 Å². The molecule has 1 rings (SSSR count). The van der Waals surface area contributed by atoms with Crippen molar-refractivity contribution in [1.82, 2.24) is 4.90 Å². The van der Waals surface area contributed by atoms with Crippen molar-refractivity contribution in [2.24, 2.45) is 23.1 Å². The summed E-state index contributed by atoms with van der Waals surface area (Å²) in [5.41, 5.74) is 18.3. The SMILES string of the molecule is CC(C)[C@H](N)C(=O)N(C(=O)[C@@H](N)Cc1ccccc1)[C@@H](CCCCN)C(=O)O. The summed E-state index contributed by atoms with van der Waals surface area (Å²) in [6, 6.07) is 5.73. The molecule has 8 nitrogen and oxygen atoms in total. The number of carbonyl (C=O) groups is 3. The number of nitrogens with two attached hydrogens (primary N) is 3. The fourth-order valence-corrected chi connectivity index (χ4v) is 2.84. The molecule has 0 bridgehead atoms. The molecule has 1 aromatic carbocycles. The molecule has 1 aromatic rings. The molecule has 8 heteroatoms. The lowest BCUT2D eigenvalue weighted by atomic mass is 9.99. The highest BCUT2D eigenvalue weighted by molar-refractivity contribution is 6.03. The number of amides is 2. The van der Waals surface area contributed by atoms with Crippen LogP contribution in [0.4, 0.5) is 0 Å². The van der Waals surface area contributed by atoms with E-state index in [0.29, 0.717) is 19.4 Å². The van der Waals surface area contributed by atoms with Crippen LogP contribution in [-0.4, -0.2) is 52.5 Å². The molecule has 0 saturated heterocycles. The predicted octanol–water partition coefficient (Wildman–Crippen LogP) is 0.477. The van der Waals surface area contributed by atoms with Crippen LogP contribution in [0.5, 0.6) is 0 Å². The van der Waals surface area contributed by atoms with E-state index in [1.807, 2.05) is 30.3 Å². The van der Waals surface area contributed by atoms with E-state index in [-0.39, 0.29) is 18.8 Å². The van der Waals surface area contributed by atoms with Crippen LogP contribution >= 0.6 is 0 Å². The van der Waals surface area contributed by atoms with Gasteiger partial charge in [-0.15, -0.1) is 0 Å². The van der Waals surface area contributed by atoms with Crippen LogP contribution in [0.2, 0.25) is 0 Å². The lowest BCUT2D eigenvalue weighted by Gasteiger charge is -2.32. The number of carboxylic acid groups (broad SMARTS) is 1. The van der Waals surface area contributed by atoms with Gasteiger partial charge in [-0.25, -0.2) is 4.79 Å². The summed E-state index contributed by atoms with van der Waals surface area (Å²) in [4.78, 5) is 38.5. The van der Waals surface area contributed by atoms with E-state index < -0.39 is 35.9 Å². The molecule has 0 unspecified atom stereocenters. The van der Waals surface area contributed by atoms with Gasteiger partial charge in [0.05, 0.1) is 12.1 Å². The van der Waals surface area contributed by atoms with Gasteiger partial charge < -0.3 is 22.3 Å². The van der Waals surface area contributed by atoms with E-state index in [0.717, 1.165) is 10.5 Å². The van der Waals surface area contributed by atoms with E-state index in [4.69, 9.17) is 17.2 Å². The van der Waals surface area contributed by atoms with Gasteiger partial charge in [-0.3, -0.25) is 14.5 Å². The number of carboxylic acids is 1. The molecule has 0 fully saturated rings. The topological polar surface area (TPSA) is 153 Å². The highest BCUT2D eigenvalue weighted by Gasteiger charge is 2.39. The van der Waals surface area contributed by atoms with E-state index >= 15 is 0 Å². The molecular weight excluding hydrogens is 360 g/mol. The quantitative estimate of drug-likeness (QED) is 0.399. The van der Waals surface area contributed by atoms with Gasteiger partial charge in [-0.05, 0) is 43.7 Å². The van der Waals surface area contributed by atoms with Gasteiger partial charge in [-0.1, -0.05) is 44.2 Å². The molecular formula is C20H32N4O4. The van der Waals surface area contributed by atoms with Crippen molar-refractivity contribution in [1.29, 1.82) is 0 Å². The van der Waals surface area contributed by atoms with E-state index in [1.54, 1.807) is 13.8 Å². The molecule has 3 atom stereocenters. The van der Waals surface area contributed by atoms with Crippen molar-refractivity contribution in [2.75, 3.05) is 6.54 Å². The number of rotatable bonds is 11. The first kappa shape index (κ1) is 23.7. The number of hydrogen-bond donors (Lipinski definition) is 4. The Kier molecular flexibility index (Phi) is 9.78. The molecule has 156 valence electrons. The van der Waals surface area contributed by atoms with Gasteiger partial charge in [0.25, 0.3) is 0 Å². The number of benzene rings is 1. The minimum absolute atomic E-state index is 0.104. The van der Waals surface area contributed by atoms with Gasteiger partial charge >= 0.3 is 5.97 Å². The monoisotopic (exact) mass is 392 g/mol. The molecule has 0 radical (unpaired) electrons. The minimum Gasteiger partial charge on any atom is -0.480 e. The average Bonchev–Trinajstić information content (AvgIpc) is 2.66. The maximum atomic E-state index is 13.0. The molecule has 0 spiro atoms. The number of hydrogen-bond acceptors (Lipinski definition) is 6. The number of aliphatic carboxylic acids is 1. The average molecular weight is 393 g/mol. The zero-order valence-corrected chi connectivity index (χ0v) is 16.6. The second kappa shape index (κ2) is 11.5. The predicted molar refractivity (Wildman–Crippen MR) is 107 cm³/mol. The van der Waals surface area contributed by atoms with Gasteiger partial charge in [-0.2, -0.15) is 0 Å². The largest absolute Gasteiger partial charge is 0.480 e. The summed E-state index contributed by atoms with van der Waals surface area (Å²) >= 11 is 0. The summed E-state index contributed by atoms with van der Waals surface area (Å²) < 4.78 is 0. The first-order valence-electron chi connectivity index (χ1n) is 9.55. The van der Waals surface area contributed by atoms with Gasteiger partial charge in [0.1, 0.15) is 6.04 Å². The zero-order valence-electron chi connectivity index (χ0n) is 16.6. The van der Waals surface area contributed by atoms with Crippen molar-refractivity contribution < 1.29 is 19.5 Å². The van der Waals surface area contributed by atoms with Crippen LogP contribution < -0.4 is 17.2 Å². The van der Waals surface area contributed by atoms with Crippen molar-refractivity contribution in [3.63, 3.8) is 0 Å². The Hall–Kier alpha value is -2.29. The molecule has 28 heavy (non-hydrogen) atoms. The molecule has 0 aliphatic carbocycles. The third-order valence-electron chi connectivity index (χ3n) is 4.62. The molecule has 0 heterocycles. The van der Waals surface area contributed by atoms with Crippen molar-refractivity contribution in [3.8, 4) is 0 Å². The lowest BCUT2D eigenvalue weighted by molar-refractivity contribution is -0.160. The summed E-state index contributed by atoms with van der Waals surface area (Å²) in [6.07, 6.45) is 1.35. The molecule has 0 saturated carbocycles. The van der Waals surface area contributed by atoms with Crippen molar-refractivity contribution in [3.05, 3.63) is 35.9 Å². The molecule has 2 amide bonds. The Bertz CT molecular complexity index is 651. The zero-order chi connectivity index (χ0) is 21.3. The third kappa shape index (κ3) is 6.70. The highest BCUT2D eigenvalue weighted by Crippen LogP contribution is 2.16. The fraction of sp³-hybridized carbons (Fsp3) is 0.550. The first-order valence-corrected chi connectivity index (χ1v) is 9.55. The van der Waals surface area contributed by atoms with E-state index in [9.17, 15) is 19.5 Å². The van der Waals surface area contributed by atoms with E-state index in [2.05, 4.69) is 0 Å². The molecule has 0 aliphatic heterocycles. The van der Waals surface area contributed by atoms with Crippen LogP contribution in [0.15, 0.2) is 30.3 Å². The number of unbranched alkanes of at least 4 members (excludes halogenated alkanes) is 1. The first-order chi connectivity index (χ1) is 13.2. The Balaban J connectivity index is 3.14. The molecule has 7 N–H and O–H groups in total. The van der Waals surface area contributed by atoms with Crippen LogP contribution in [0.3, 0.4) is 0 Å². The van der Waals surface area contributed by atoms with Crippen LogP contribution in [0.1, 0.15) is 38.7 Å². The Morgan fingerprint density at radius 1 is 1.04 bits per heavy atom. The maximum Gasteiger partial charge on any atom is 0.326 e. The summed E-state index contributed by atoms with van der Waals surface area (Å²) in [5.74, 6) is -2.97. The number of nitrogens with zero attached hydrogens (tertiary/aromatic N) is 1. The normalized spacial score (nSPS) is 14.4. The van der Waals surface area contributed by atoms with Gasteiger partial charge in [0, 0.05) is 0 Å². The standard InChI is InChI=1S/C20H32N4O4/c1-13(2)17(23)19(26)24(16(20(27)28)10-6-7-11-21)18(25)15(22)12-14-8-4-3-5-9-14/h3-5,8-9,13,15-17H,6-7,10-12,21-23H2,1-2H3,(H,27,28)/t15-,16-,17-/m0/s1. The van der Waals surface area contributed by atoms with Crippen LogP contribution in [-0.2, 0) is 20.8 Å². The lowest BCUT2D eigenvalue weighted by Crippen LogP contribution is -2.59. The summed E-state index contributed by atoms with van der Waals surface area (Å²) in [5, 5.41) is 9.67. The van der Waals surface area contributed by atoms with Crippen LogP contribution in [0.25, 0.3) is 0 Å². The minimum atomic E-state index is -1.32. The van der Waals surface area contributed by atoms with Gasteiger partial charge in [0.15, 0.2) is 0 Å². The third-order valence-corrected chi connectivity index (χ3v) is 4.62. The molecule has 0 aliphatic rings. The molecule has 0 aromatic heterocycles. The number of imide groups is 1. The summed E-state index contributed by atoms with van der Waals surface area (Å²) in [7, 11) is 0. The number of carbonyl (C=O) groups excluding carboxylic acids is 2. The Morgan fingerprint density at radius 3 is 2.14 bits per heavy atom. The fourth-order valence-electron chi connectivity index (χ4n) is 2.84. The second-order valence-corrected chi connectivity index (χ2v) is 7.25. The highest BCUT2D eigenvalue weighted by atomic mass is 16.4. The van der Waals surface area contributed by atoms with Crippen molar-refractivity contribution >= 4 is 17.8 Å². The van der Waals surface area contributed by atoms with Crippen molar-refractivity contribution in [2.45, 2.75) is 57.7 Å².